The van der Waals surface area contributed by atoms with Gasteiger partial charge in [-0.3, -0.25) is 4.79 Å². The second-order valence-corrected chi connectivity index (χ2v) is 6.40. The van der Waals surface area contributed by atoms with Gasteiger partial charge in [-0.05, 0) is 16.3 Å². The molecule has 0 bridgehead atoms. The van der Waals surface area contributed by atoms with E-state index in [1.54, 1.807) is 13.2 Å². The predicted octanol–water partition coefficient (Wildman–Crippen LogP) is 2.85. The largest absolute Gasteiger partial charge is 0.481 e. The second kappa shape index (κ2) is 7.00. The number of rotatable bonds is 5. The molecule has 2 aromatic carbocycles. The minimum atomic E-state index is 0.0251. The molecule has 1 aliphatic rings. The minimum absolute atomic E-state index is 0.0251. The Balaban J connectivity index is 1.47. The zero-order chi connectivity index (χ0) is 17.9. The third-order valence-corrected chi connectivity index (χ3v) is 4.66. The molecular weight excluding hydrogens is 328 g/mol. The lowest BCUT2D eigenvalue weighted by atomic mass is 10.0. The van der Waals surface area contributed by atoms with Crippen molar-refractivity contribution in [3.63, 3.8) is 0 Å². The number of carbonyl (C=O) groups excluding carboxylic acids is 1. The molecular formula is C20H20N4O2. The summed E-state index contributed by atoms with van der Waals surface area (Å²) in [6, 6.07) is 16.2. The number of hydrogen-bond donors (Lipinski definition) is 1. The molecule has 1 N–H and O–H groups in total. The Morgan fingerprint density at radius 1 is 1.19 bits per heavy atom. The average Bonchev–Trinajstić information content (AvgIpc) is 3.01. The molecule has 132 valence electrons. The molecule has 6 heteroatoms. The van der Waals surface area contributed by atoms with Crippen LogP contribution in [0.15, 0.2) is 54.9 Å². The number of fused-ring (bicyclic) bond motifs is 1. The third kappa shape index (κ3) is 3.31. The second-order valence-electron chi connectivity index (χ2n) is 6.40. The molecule has 0 radical (unpaired) electrons. The van der Waals surface area contributed by atoms with E-state index in [0.29, 0.717) is 31.2 Å². The van der Waals surface area contributed by atoms with Crippen molar-refractivity contribution >= 4 is 22.5 Å². The van der Waals surface area contributed by atoms with Gasteiger partial charge in [0.2, 0.25) is 11.8 Å². The van der Waals surface area contributed by atoms with Gasteiger partial charge in [0.25, 0.3) is 0 Å². The van der Waals surface area contributed by atoms with Crippen LogP contribution in [0.3, 0.4) is 0 Å². The number of carbonyl (C=O) groups is 1. The van der Waals surface area contributed by atoms with Gasteiger partial charge in [-0.15, -0.1) is 0 Å². The highest BCUT2D eigenvalue weighted by Crippen LogP contribution is 2.23. The summed E-state index contributed by atoms with van der Waals surface area (Å²) in [5, 5.41) is 5.69. The van der Waals surface area contributed by atoms with Crippen LogP contribution in [0, 0.1) is 0 Å². The van der Waals surface area contributed by atoms with Crippen LogP contribution in [-0.2, 0) is 11.3 Å². The lowest BCUT2D eigenvalue weighted by Crippen LogP contribution is -2.27. The Labute approximate surface area is 151 Å². The summed E-state index contributed by atoms with van der Waals surface area (Å²) >= 11 is 0. The molecule has 1 saturated heterocycles. The molecule has 1 aromatic heterocycles. The number of ether oxygens (including phenoxy) is 1. The fraction of sp³-hybridized carbons (Fsp3) is 0.250. The Hall–Kier alpha value is -3.15. The van der Waals surface area contributed by atoms with Gasteiger partial charge in [-0.25, -0.2) is 9.97 Å². The fourth-order valence-electron chi connectivity index (χ4n) is 3.40. The minimum Gasteiger partial charge on any atom is -0.481 e. The number of hydrogen-bond acceptors (Lipinski definition) is 5. The number of benzene rings is 2. The number of likely N-dealkylation sites (tertiary alicyclic amines) is 1. The lowest BCUT2D eigenvalue weighted by molar-refractivity contribution is -0.128. The summed E-state index contributed by atoms with van der Waals surface area (Å²) < 4.78 is 5.11. The van der Waals surface area contributed by atoms with Crippen molar-refractivity contribution in [3.05, 3.63) is 60.4 Å². The first-order valence-electron chi connectivity index (χ1n) is 8.60. The van der Waals surface area contributed by atoms with Gasteiger partial charge in [-0.1, -0.05) is 42.5 Å². The molecule has 3 aromatic rings. The molecule has 2 heterocycles. The van der Waals surface area contributed by atoms with Crippen molar-refractivity contribution in [1.82, 2.24) is 14.9 Å². The van der Waals surface area contributed by atoms with Gasteiger partial charge in [0, 0.05) is 25.6 Å². The first-order valence-corrected chi connectivity index (χ1v) is 8.60. The first-order chi connectivity index (χ1) is 12.7. The van der Waals surface area contributed by atoms with Crippen LogP contribution in [0.2, 0.25) is 0 Å². The van der Waals surface area contributed by atoms with Gasteiger partial charge < -0.3 is 15.0 Å². The summed E-state index contributed by atoms with van der Waals surface area (Å²) in [5.41, 5.74) is 1.17. The molecule has 0 spiro atoms. The maximum absolute atomic E-state index is 12.5. The van der Waals surface area contributed by atoms with Crippen molar-refractivity contribution in [2.75, 3.05) is 19.0 Å². The molecule has 1 unspecified atom stereocenters. The molecule has 1 aliphatic heterocycles. The van der Waals surface area contributed by atoms with E-state index < -0.39 is 0 Å². The van der Waals surface area contributed by atoms with Gasteiger partial charge in [0.1, 0.15) is 12.1 Å². The molecule has 0 aliphatic carbocycles. The summed E-state index contributed by atoms with van der Waals surface area (Å²) in [7, 11) is 1.57. The molecule has 1 fully saturated rings. The van der Waals surface area contributed by atoms with Crippen molar-refractivity contribution in [2.45, 2.75) is 19.0 Å². The predicted molar refractivity (Wildman–Crippen MR) is 100.0 cm³/mol. The molecule has 1 atom stereocenters. The van der Waals surface area contributed by atoms with Gasteiger partial charge in [0.15, 0.2) is 0 Å². The first kappa shape index (κ1) is 16.3. The van der Waals surface area contributed by atoms with Crippen LogP contribution in [0.5, 0.6) is 5.88 Å². The SMILES string of the molecule is COc1cc(NC2CC(=O)N(Cc3cccc4ccccc34)C2)ncn1. The van der Waals surface area contributed by atoms with E-state index in [-0.39, 0.29) is 11.9 Å². The smallest absolute Gasteiger partial charge is 0.225 e. The Morgan fingerprint density at radius 3 is 2.92 bits per heavy atom. The maximum Gasteiger partial charge on any atom is 0.225 e. The molecule has 1 amide bonds. The maximum atomic E-state index is 12.5. The van der Waals surface area contributed by atoms with E-state index in [2.05, 4.69) is 39.6 Å². The number of nitrogens with one attached hydrogen (secondary N) is 1. The molecule has 4 rings (SSSR count). The Morgan fingerprint density at radius 2 is 2.04 bits per heavy atom. The average molecular weight is 348 g/mol. The highest BCUT2D eigenvalue weighted by atomic mass is 16.5. The summed E-state index contributed by atoms with van der Waals surface area (Å²) in [5.74, 6) is 1.32. The molecule has 6 nitrogen and oxygen atoms in total. The topological polar surface area (TPSA) is 67.3 Å². The van der Waals surface area contributed by atoms with Crippen LogP contribution in [0.1, 0.15) is 12.0 Å². The van der Waals surface area contributed by atoms with Gasteiger partial charge in [0.05, 0.1) is 13.2 Å². The Bertz CT molecular complexity index is 939. The van der Waals surface area contributed by atoms with Crippen molar-refractivity contribution in [1.29, 1.82) is 0 Å². The summed E-state index contributed by atoms with van der Waals surface area (Å²) in [4.78, 5) is 22.6. The zero-order valence-electron chi connectivity index (χ0n) is 14.6. The number of nitrogens with zero attached hydrogens (tertiary/aromatic N) is 3. The highest BCUT2D eigenvalue weighted by Gasteiger charge is 2.30. The number of methoxy groups -OCH3 is 1. The molecule has 26 heavy (non-hydrogen) atoms. The number of aromatic nitrogens is 2. The van der Waals surface area contributed by atoms with Crippen LogP contribution < -0.4 is 10.1 Å². The number of anilines is 1. The van der Waals surface area contributed by atoms with Crippen LogP contribution >= 0.6 is 0 Å². The van der Waals surface area contributed by atoms with Crippen molar-refractivity contribution < 1.29 is 9.53 Å². The van der Waals surface area contributed by atoms with Crippen molar-refractivity contribution in [3.8, 4) is 5.88 Å². The standard InChI is InChI=1S/C20H20N4O2/c1-26-19-10-18(21-13-22-19)23-16-9-20(25)24(12-16)11-15-7-4-6-14-5-2-3-8-17(14)15/h2-8,10,13,16H,9,11-12H2,1H3,(H,21,22,23). The van der Waals surface area contributed by atoms with E-state index in [1.165, 1.54) is 22.7 Å². The number of amides is 1. The molecule has 0 saturated carbocycles. The normalized spacial score (nSPS) is 16.9. The summed E-state index contributed by atoms with van der Waals surface area (Å²) in [6.45, 7) is 1.26. The van der Waals surface area contributed by atoms with E-state index >= 15 is 0 Å². The quantitative estimate of drug-likeness (QED) is 0.768. The van der Waals surface area contributed by atoms with Crippen LogP contribution in [0.25, 0.3) is 10.8 Å². The van der Waals surface area contributed by atoms with E-state index in [4.69, 9.17) is 4.74 Å². The van der Waals surface area contributed by atoms with Crippen molar-refractivity contribution in [2.24, 2.45) is 0 Å². The third-order valence-electron chi connectivity index (χ3n) is 4.66. The zero-order valence-corrected chi connectivity index (χ0v) is 14.6. The monoisotopic (exact) mass is 348 g/mol. The van der Waals surface area contributed by atoms with E-state index in [0.717, 1.165) is 0 Å². The fourth-order valence-corrected chi connectivity index (χ4v) is 3.40. The van der Waals surface area contributed by atoms with Crippen LogP contribution in [0.4, 0.5) is 5.82 Å². The lowest BCUT2D eigenvalue weighted by Gasteiger charge is -2.18. The van der Waals surface area contributed by atoms with E-state index in [9.17, 15) is 4.79 Å². The van der Waals surface area contributed by atoms with Gasteiger partial charge >= 0.3 is 0 Å². The summed E-state index contributed by atoms with van der Waals surface area (Å²) in [6.07, 6.45) is 1.91. The Kier molecular flexibility index (Phi) is 4.39. The van der Waals surface area contributed by atoms with Gasteiger partial charge in [-0.2, -0.15) is 0 Å². The van der Waals surface area contributed by atoms with Crippen LogP contribution in [-0.4, -0.2) is 40.5 Å². The van der Waals surface area contributed by atoms with E-state index in [1.807, 2.05) is 23.1 Å². The highest BCUT2D eigenvalue weighted by molar-refractivity contribution is 5.86.